The Morgan fingerprint density at radius 3 is 2.88 bits per heavy atom. The highest BCUT2D eigenvalue weighted by molar-refractivity contribution is 5.92. The fraction of sp³-hybridized carbons (Fsp3) is 0.250. The predicted molar refractivity (Wildman–Crippen MR) is 58.9 cm³/mol. The maximum atomic E-state index is 10.9. The number of carboxylic acid groups (broad SMARTS) is 1. The van der Waals surface area contributed by atoms with Gasteiger partial charge in [0.2, 0.25) is 0 Å². The first-order chi connectivity index (χ1) is 7.70. The van der Waals surface area contributed by atoms with E-state index < -0.39 is 5.97 Å². The molecule has 0 aromatic heterocycles. The van der Waals surface area contributed by atoms with Gasteiger partial charge >= 0.3 is 5.97 Å². The number of hydrogen-bond donors (Lipinski definition) is 1. The molecule has 0 saturated heterocycles. The smallest absolute Gasteiger partial charge is 0.339 e. The predicted octanol–water partition coefficient (Wildman–Crippen LogP) is 1.80. The van der Waals surface area contributed by atoms with E-state index >= 15 is 0 Å². The number of terminal acetylenes is 1. The molecule has 0 atom stereocenters. The molecule has 4 heteroatoms. The third-order valence-electron chi connectivity index (χ3n) is 1.92. The van der Waals surface area contributed by atoms with Crippen molar-refractivity contribution in [3.05, 3.63) is 23.8 Å². The Bertz CT molecular complexity index is 418. The molecule has 16 heavy (non-hydrogen) atoms. The highest BCUT2D eigenvalue weighted by atomic mass is 16.5. The van der Waals surface area contributed by atoms with E-state index in [1.165, 1.54) is 13.2 Å². The molecule has 0 aliphatic carbocycles. The standard InChI is InChI=1S/C12H12O4/c1-3-4-8-16-11-9(12(13)14)6-5-7-10(11)15-2/h1,5-7H,4,8H2,2H3,(H,13,14). The van der Waals surface area contributed by atoms with E-state index in [1.807, 2.05) is 0 Å². The van der Waals surface area contributed by atoms with Crippen molar-refractivity contribution in [2.75, 3.05) is 13.7 Å². The van der Waals surface area contributed by atoms with Gasteiger partial charge in [0.15, 0.2) is 11.5 Å². The second kappa shape index (κ2) is 5.66. The van der Waals surface area contributed by atoms with Crippen LogP contribution in [0.4, 0.5) is 0 Å². The van der Waals surface area contributed by atoms with Crippen molar-refractivity contribution in [1.29, 1.82) is 0 Å². The van der Waals surface area contributed by atoms with Gasteiger partial charge in [-0.1, -0.05) is 6.07 Å². The zero-order chi connectivity index (χ0) is 12.0. The molecule has 0 saturated carbocycles. The first-order valence-electron chi connectivity index (χ1n) is 4.67. The molecule has 84 valence electrons. The van der Waals surface area contributed by atoms with E-state index in [0.29, 0.717) is 12.2 Å². The van der Waals surface area contributed by atoms with Gasteiger partial charge in [0.05, 0.1) is 13.7 Å². The zero-order valence-electron chi connectivity index (χ0n) is 8.90. The SMILES string of the molecule is C#CCCOc1c(OC)cccc1C(=O)O. The zero-order valence-corrected chi connectivity index (χ0v) is 8.90. The van der Waals surface area contributed by atoms with Crippen LogP contribution in [0.5, 0.6) is 11.5 Å². The maximum absolute atomic E-state index is 10.9. The summed E-state index contributed by atoms with van der Waals surface area (Å²) in [6.45, 7) is 0.261. The number of ether oxygens (including phenoxy) is 2. The number of hydrogen-bond acceptors (Lipinski definition) is 3. The second-order valence-electron chi connectivity index (χ2n) is 2.94. The minimum absolute atomic E-state index is 0.0661. The van der Waals surface area contributed by atoms with Crippen LogP contribution in [0.2, 0.25) is 0 Å². The Labute approximate surface area is 93.8 Å². The molecule has 0 aliphatic rings. The lowest BCUT2D eigenvalue weighted by molar-refractivity contribution is 0.0691. The summed E-state index contributed by atoms with van der Waals surface area (Å²) in [6, 6.07) is 4.68. The van der Waals surface area contributed by atoms with Crippen molar-refractivity contribution in [2.24, 2.45) is 0 Å². The summed E-state index contributed by atoms with van der Waals surface area (Å²) in [7, 11) is 1.45. The van der Waals surface area contributed by atoms with Gasteiger partial charge in [-0.15, -0.1) is 12.3 Å². The first-order valence-corrected chi connectivity index (χ1v) is 4.67. The molecule has 1 rings (SSSR count). The molecule has 0 spiro atoms. The topological polar surface area (TPSA) is 55.8 Å². The van der Waals surface area contributed by atoms with Crippen LogP contribution in [0.1, 0.15) is 16.8 Å². The monoisotopic (exact) mass is 220 g/mol. The maximum Gasteiger partial charge on any atom is 0.339 e. The van der Waals surface area contributed by atoms with Crippen LogP contribution >= 0.6 is 0 Å². The molecular weight excluding hydrogens is 208 g/mol. The summed E-state index contributed by atoms with van der Waals surface area (Å²) < 4.78 is 10.3. The van der Waals surface area contributed by atoms with Crippen molar-refractivity contribution in [2.45, 2.75) is 6.42 Å². The van der Waals surface area contributed by atoms with Gasteiger partial charge in [-0.25, -0.2) is 4.79 Å². The van der Waals surface area contributed by atoms with E-state index in [9.17, 15) is 4.79 Å². The van der Waals surface area contributed by atoms with Gasteiger partial charge in [0, 0.05) is 6.42 Å². The van der Waals surface area contributed by atoms with Crippen LogP contribution in [0, 0.1) is 12.3 Å². The summed E-state index contributed by atoms with van der Waals surface area (Å²) in [5.41, 5.74) is 0.0661. The van der Waals surface area contributed by atoms with Crippen molar-refractivity contribution in [3.8, 4) is 23.8 Å². The molecule has 0 amide bonds. The highest BCUT2D eigenvalue weighted by Crippen LogP contribution is 2.31. The Morgan fingerprint density at radius 1 is 1.56 bits per heavy atom. The minimum Gasteiger partial charge on any atom is -0.493 e. The van der Waals surface area contributed by atoms with Gasteiger partial charge in [-0.2, -0.15) is 0 Å². The number of rotatable bonds is 5. The minimum atomic E-state index is -1.06. The average Bonchev–Trinajstić information content (AvgIpc) is 2.29. The number of carbonyl (C=O) groups is 1. The fourth-order valence-electron chi connectivity index (χ4n) is 1.21. The second-order valence-corrected chi connectivity index (χ2v) is 2.94. The molecule has 1 aromatic carbocycles. The Morgan fingerprint density at radius 2 is 2.31 bits per heavy atom. The van der Waals surface area contributed by atoms with Gasteiger partial charge < -0.3 is 14.6 Å². The molecule has 0 radical (unpaired) electrons. The molecule has 1 N–H and O–H groups in total. The van der Waals surface area contributed by atoms with Gasteiger partial charge in [0.1, 0.15) is 5.56 Å². The van der Waals surface area contributed by atoms with Gasteiger partial charge in [-0.3, -0.25) is 0 Å². The Hall–Kier alpha value is -2.15. The lowest BCUT2D eigenvalue weighted by Crippen LogP contribution is -2.05. The number of benzene rings is 1. The third-order valence-corrected chi connectivity index (χ3v) is 1.92. The lowest BCUT2D eigenvalue weighted by Gasteiger charge is -2.11. The lowest BCUT2D eigenvalue weighted by atomic mass is 10.2. The third kappa shape index (κ3) is 2.67. The molecule has 0 bridgehead atoms. The highest BCUT2D eigenvalue weighted by Gasteiger charge is 2.15. The molecule has 0 heterocycles. The molecule has 4 nitrogen and oxygen atoms in total. The van der Waals surface area contributed by atoms with E-state index in [4.69, 9.17) is 21.0 Å². The molecule has 0 fully saturated rings. The fourth-order valence-corrected chi connectivity index (χ4v) is 1.21. The van der Waals surface area contributed by atoms with Crippen molar-refractivity contribution >= 4 is 5.97 Å². The van der Waals surface area contributed by atoms with Crippen molar-refractivity contribution < 1.29 is 19.4 Å². The number of carboxylic acids is 1. The van der Waals surface area contributed by atoms with E-state index in [0.717, 1.165) is 0 Å². The van der Waals surface area contributed by atoms with Crippen LogP contribution in [0.3, 0.4) is 0 Å². The van der Waals surface area contributed by atoms with Crippen LogP contribution in [-0.4, -0.2) is 24.8 Å². The van der Waals surface area contributed by atoms with E-state index in [1.54, 1.807) is 12.1 Å². The molecule has 0 unspecified atom stereocenters. The number of methoxy groups -OCH3 is 1. The van der Waals surface area contributed by atoms with E-state index in [-0.39, 0.29) is 17.9 Å². The van der Waals surface area contributed by atoms with Gasteiger partial charge in [-0.05, 0) is 12.1 Å². The van der Waals surface area contributed by atoms with Crippen LogP contribution in [0.25, 0.3) is 0 Å². The van der Waals surface area contributed by atoms with Gasteiger partial charge in [0.25, 0.3) is 0 Å². The summed E-state index contributed by atoms with van der Waals surface area (Å²) in [5.74, 6) is 1.95. The summed E-state index contributed by atoms with van der Waals surface area (Å²) in [6.07, 6.45) is 5.50. The summed E-state index contributed by atoms with van der Waals surface area (Å²) in [5, 5.41) is 8.97. The number of aromatic carboxylic acids is 1. The first kappa shape index (κ1) is 11.9. The quantitative estimate of drug-likeness (QED) is 0.607. The van der Waals surface area contributed by atoms with Crippen LogP contribution in [0.15, 0.2) is 18.2 Å². The van der Waals surface area contributed by atoms with Crippen molar-refractivity contribution in [1.82, 2.24) is 0 Å². The van der Waals surface area contributed by atoms with E-state index in [2.05, 4.69) is 5.92 Å². The van der Waals surface area contributed by atoms with Crippen LogP contribution in [-0.2, 0) is 0 Å². The summed E-state index contributed by atoms with van der Waals surface area (Å²) in [4.78, 5) is 10.9. The number of para-hydroxylation sites is 1. The van der Waals surface area contributed by atoms with Crippen molar-refractivity contribution in [3.63, 3.8) is 0 Å². The summed E-state index contributed by atoms with van der Waals surface area (Å²) >= 11 is 0. The Kier molecular flexibility index (Phi) is 4.22. The molecule has 1 aromatic rings. The molecule has 0 aliphatic heterocycles. The normalized spacial score (nSPS) is 9.25. The molecular formula is C12H12O4. The van der Waals surface area contributed by atoms with Crippen LogP contribution < -0.4 is 9.47 Å². The average molecular weight is 220 g/mol. The Balaban J connectivity index is 3.01. The largest absolute Gasteiger partial charge is 0.493 e.